The molecule has 1 aliphatic rings. The van der Waals surface area contributed by atoms with E-state index in [1.54, 1.807) is 0 Å². The maximum absolute atomic E-state index is 12.1. The molecule has 0 saturated carbocycles. The molecule has 0 bridgehead atoms. The third kappa shape index (κ3) is 3.31. The third-order valence-corrected chi connectivity index (χ3v) is 3.89. The molecule has 1 fully saturated rings. The summed E-state index contributed by atoms with van der Waals surface area (Å²) in [5.41, 5.74) is 2.23. The summed E-state index contributed by atoms with van der Waals surface area (Å²) in [6.45, 7) is 1.87. The molecule has 2 aromatic rings. The summed E-state index contributed by atoms with van der Waals surface area (Å²) < 4.78 is 5.81. The molecule has 3 nitrogen and oxygen atoms in total. The van der Waals surface area contributed by atoms with Crippen molar-refractivity contribution in [2.24, 2.45) is 5.92 Å². The maximum atomic E-state index is 12.1. The Hall–Kier alpha value is -2.13. The number of ether oxygens (including phenoxy) is 1. The van der Waals surface area contributed by atoms with Gasteiger partial charge in [-0.1, -0.05) is 60.7 Å². The standard InChI is InChI=1S/C18H19NO2/c20-18-17(15-9-5-2-6-10-15)16(11-19-18)13-21-12-14-7-3-1-4-8-14/h1-10,16-17H,11-13H2,(H,19,20)/t16-,17-/m1/s1. The normalized spacial score (nSPS) is 21.2. The van der Waals surface area contributed by atoms with E-state index in [1.807, 2.05) is 60.7 Å². The Labute approximate surface area is 124 Å². The molecule has 2 atom stereocenters. The van der Waals surface area contributed by atoms with E-state index in [0.717, 1.165) is 11.1 Å². The molecule has 108 valence electrons. The second-order valence-corrected chi connectivity index (χ2v) is 5.39. The van der Waals surface area contributed by atoms with Crippen molar-refractivity contribution in [1.29, 1.82) is 0 Å². The lowest BCUT2D eigenvalue weighted by Crippen LogP contribution is -2.19. The van der Waals surface area contributed by atoms with Crippen LogP contribution in [0, 0.1) is 5.92 Å². The molecule has 3 rings (SSSR count). The van der Waals surface area contributed by atoms with Crippen molar-refractivity contribution in [3.63, 3.8) is 0 Å². The first kappa shape index (κ1) is 13.8. The minimum atomic E-state index is -0.0954. The Kier molecular flexibility index (Phi) is 4.31. The summed E-state index contributed by atoms with van der Waals surface area (Å²) in [4.78, 5) is 12.1. The first-order chi connectivity index (χ1) is 10.3. The smallest absolute Gasteiger partial charge is 0.227 e. The van der Waals surface area contributed by atoms with Crippen LogP contribution in [0.5, 0.6) is 0 Å². The van der Waals surface area contributed by atoms with Gasteiger partial charge in [0.25, 0.3) is 0 Å². The monoisotopic (exact) mass is 281 g/mol. The van der Waals surface area contributed by atoms with Crippen molar-refractivity contribution in [3.8, 4) is 0 Å². The van der Waals surface area contributed by atoms with Gasteiger partial charge in [0.2, 0.25) is 5.91 Å². The van der Waals surface area contributed by atoms with Gasteiger partial charge in [0.05, 0.1) is 19.1 Å². The average molecular weight is 281 g/mol. The van der Waals surface area contributed by atoms with Gasteiger partial charge in [-0.15, -0.1) is 0 Å². The van der Waals surface area contributed by atoms with Gasteiger partial charge in [-0.3, -0.25) is 4.79 Å². The minimum absolute atomic E-state index is 0.0954. The SMILES string of the molecule is O=C1NC[C@H](COCc2ccccc2)[C@H]1c1ccccc1. The Morgan fingerprint density at radius 3 is 2.38 bits per heavy atom. The molecule has 0 aliphatic carbocycles. The van der Waals surface area contributed by atoms with E-state index in [2.05, 4.69) is 5.32 Å². The van der Waals surface area contributed by atoms with Gasteiger partial charge in [0, 0.05) is 12.5 Å². The molecule has 0 radical (unpaired) electrons. The van der Waals surface area contributed by atoms with E-state index in [1.165, 1.54) is 0 Å². The number of carbonyl (C=O) groups excluding carboxylic acids is 1. The summed E-state index contributed by atoms with van der Waals surface area (Å²) in [6, 6.07) is 20.1. The quantitative estimate of drug-likeness (QED) is 0.915. The lowest BCUT2D eigenvalue weighted by Gasteiger charge is -2.17. The second kappa shape index (κ2) is 6.55. The highest BCUT2D eigenvalue weighted by Crippen LogP contribution is 2.29. The van der Waals surface area contributed by atoms with Crippen LogP contribution in [0.1, 0.15) is 17.0 Å². The number of hydrogen-bond acceptors (Lipinski definition) is 2. The van der Waals surface area contributed by atoms with Gasteiger partial charge in [0.15, 0.2) is 0 Å². The van der Waals surface area contributed by atoms with Crippen LogP contribution >= 0.6 is 0 Å². The van der Waals surface area contributed by atoms with Crippen molar-refractivity contribution in [2.45, 2.75) is 12.5 Å². The van der Waals surface area contributed by atoms with Crippen molar-refractivity contribution in [1.82, 2.24) is 5.32 Å². The van der Waals surface area contributed by atoms with Gasteiger partial charge < -0.3 is 10.1 Å². The predicted octanol–water partition coefficient (Wildman–Crippen LogP) is 2.73. The number of carbonyl (C=O) groups is 1. The molecule has 2 aromatic carbocycles. The van der Waals surface area contributed by atoms with E-state index >= 15 is 0 Å². The van der Waals surface area contributed by atoms with Crippen LogP contribution in [0.4, 0.5) is 0 Å². The number of benzene rings is 2. The zero-order chi connectivity index (χ0) is 14.5. The minimum Gasteiger partial charge on any atom is -0.376 e. The van der Waals surface area contributed by atoms with E-state index in [4.69, 9.17) is 4.74 Å². The molecule has 1 N–H and O–H groups in total. The average Bonchev–Trinajstić information content (AvgIpc) is 2.90. The highest BCUT2D eigenvalue weighted by atomic mass is 16.5. The molecule has 1 aliphatic heterocycles. The summed E-state index contributed by atoms with van der Waals surface area (Å²) >= 11 is 0. The molecule has 0 aromatic heterocycles. The van der Waals surface area contributed by atoms with Crippen molar-refractivity contribution in [3.05, 3.63) is 71.8 Å². The molecule has 0 spiro atoms. The van der Waals surface area contributed by atoms with Crippen LogP contribution in [0.2, 0.25) is 0 Å². The first-order valence-corrected chi connectivity index (χ1v) is 7.29. The van der Waals surface area contributed by atoms with Gasteiger partial charge in [-0.2, -0.15) is 0 Å². The fourth-order valence-electron chi connectivity index (χ4n) is 2.82. The van der Waals surface area contributed by atoms with Crippen LogP contribution in [0.3, 0.4) is 0 Å². The topological polar surface area (TPSA) is 38.3 Å². The number of hydrogen-bond donors (Lipinski definition) is 1. The van der Waals surface area contributed by atoms with E-state index in [0.29, 0.717) is 19.8 Å². The third-order valence-electron chi connectivity index (χ3n) is 3.89. The Balaban J connectivity index is 1.61. The predicted molar refractivity (Wildman–Crippen MR) is 81.8 cm³/mol. The number of nitrogens with one attached hydrogen (secondary N) is 1. The first-order valence-electron chi connectivity index (χ1n) is 7.29. The Morgan fingerprint density at radius 1 is 1.00 bits per heavy atom. The summed E-state index contributed by atoms with van der Waals surface area (Å²) in [7, 11) is 0. The van der Waals surface area contributed by atoms with Gasteiger partial charge in [0.1, 0.15) is 0 Å². The van der Waals surface area contributed by atoms with Crippen LogP contribution < -0.4 is 5.32 Å². The molecule has 21 heavy (non-hydrogen) atoms. The Bertz CT molecular complexity index is 583. The van der Waals surface area contributed by atoms with Crippen LogP contribution in [0.25, 0.3) is 0 Å². The van der Waals surface area contributed by atoms with Crippen molar-refractivity contribution < 1.29 is 9.53 Å². The summed E-state index contributed by atoms with van der Waals surface area (Å²) in [5, 5.41) is 2.95. The molecular formula is C18H19NO2. The molecule has 0 unspecified atom stereocenters. The second-order valence-electron chi connectivity index (χ2n) is 5.39. The lowest BCUT2D eigenvalue weighted by atomic mass is 9.89. The zero-order valence-electron chi connectivity index (χ0n) is 11.9. The molecule has 1 heterocycles. The maximum Gasteiger partial charge on any atom is 0.227 e. The highest BCUT2D eigenvalue weighted by Gasteiger charge is 2.35. The number of rotatable bonds is 5. The number of amides is 1. The van der Waals surface area contributed by atoms with Crippen LogP contribution in [-0.2, 0) is 16.1 Å². The van der Waals surface area contributed by atoms with E-state index in [-0.39, 0.29) is 17.7 Å². The van der Waals surface area contributed by atoms with E-state index < -0.39 is 0 Å². The van der Waals surface area contributed by atoms with Gasteiger partial charge >= 0.3 is 0 Å². The lowest BCUT2D eigenvalue weighted by molar-refractivity contribution is -0.120. The molecular weight excluding hydrogens is 262 g/mol. The van der Waals surface area contributed by atoms with Crippen molar-refractivity contribution >= 4 is 5.91 Å². The molecule has 1 amide bonds. The fraction of sp³-hybridized carbons (Fsp3) is 0.278. The Morgan fingerprint density at radius 2 is 1.67 bits per heavy atom. The van der Waals surface area contributed by atoms with E-state index in [9.17, 15) is 4.79 Å². The molecule has 1 saturated heterocycles. The van der Waals surface area contributed by atoms with Gasteiger partial charge in [-0.05, 0) is 11.1 Å². The summed E-state index contributed by atoms with van der Waals surface area (Å²) in [6.07, 6.45) is 0. The fourth-order valence-corrected chi connectivity index (χ4v) is 2.82. The van der Waals surface area contributed by atoms with Crippen molar-refractivity contribution in [2.75, 3.05) is 13.2 Å². The van der Waals surface area contributed by atoms with Crippen LogP contribution in [0.15, 0.2) is 60.7 Å². The summed E-state index contributed by atoms with van der Waals surface area (Å²) in [5.74, 6) is 0.208. The van der Waals surface area contributed by atoms with Gasteiger partial charge in [-0.25, -0.2) is 0 Å². The largest absolute Gasteiger partial charge is 0.376 e. The zero-order valence-corrected chi connectivity index (χ0v) is 11.9. The van der Waals surface area contributed by atoms with Crippen LogP contribution in [-0.4, -0.2) is 19.1 Å². The molecule has 3 heteroatoms. The highest BCUT2D eigenvalue weighted by molar-refractivity contribution is 5.86.